The summed E-state index contributed by atoms with van der Waals surface area (Å²) >= 11 is 11.6. The van der Waals surface area contributed by atoms with E-state index < -0.39 is 0 Å². The Labute approximate surface area is 116 Å². The first-order chi connectivity index (χ1) is 8.63. The van der Waals surface area contributed by atoms with Crippen molar-refractivity contribution in [3.05, 3.63) is 28.2 Å². The van der Waals surface area contributed by atoms with Crippen LogP contribution in [0, 0.1) is 0 Å². The molecule has 1 aromatic carbocycles. The van der Waals surface area contributed by atoms with Gasteiger partial charge in [-0.2, -0.15) is 5.10 Å². The molecular formula is C12H14Cl2N2O2. The number of amides is 1. The second-order valence-electron chi connectivity index (χ2n) is 3.50. The lowest BCUT2D eigenvalue weighted by Gasteiger charge is -2.06. The summed E-state index contributed by atoms with van der Waals surface area (Å²) in [6.45, 7) is 1.88. The predicted octanol–water partition coefficient (Wildman–Crippen LogP) is 3.27. The Hall–Kier alpha value is -1.26. The van der Waals surface area contributed by atoms with E-state index in [-0.39, 0.29) is 12.5 Å². The Morgan fingerprint density at radius 1 is 1.50 bits per heavy atom. The number of hydrogen-bond donors (Lipinski definition) is 1. The number of hydrazone groups is 1. The van der Waals surface area contributed by atoms with Crippen LogP contribution < -0.4 is 10.2 Å². The lowest BCUT2D eigenvalue weighted by atomic mass is 10.3. The van der Waals surface area contributed by atoms with Crippen LogP contribution in [0.4, 0.5) is 0 Å². The number of nitrogens with one attached hydrogen (secondary N) is 1. The molecule has 0 unspecified atom stereocenters. The van der Waals surface area contributed by atoms with Crippen LogP contribution in [0.5, 0.6) is 5.75 Å². The molecule has 1 amide bonds. The van der Waals surface area contributed by atoms with E-state index in [1.807, 2.05) is 6.92 Å². The van der Waals surface area contributed by atoms with Crippen molar-refractivity contribution >= 4 is 35.3 Å². The van der Waals surface area contributed by atoms with Gasteiger partial charge in [0.25, 0.3) is 5.91 Å². The number of carbonyl (C=O) groups is 1. The van der Waals surface area contributed by atoms with Crippen molar-refractivity contribution in [1.82, 2.24) is 5.43 Å². The van der Waals surface area contributed by atoms with E-state index in [0.29, 0.717) is 15.8 Å². The highest BCUT2D eigenvalue weighted by molar-refractivity contribution is 6.35. The molecule has 6 heteroatoms. The molecule has 0 aromatic heterocycles. The van der Waals surface area contributed by atoms with Gasteiger partial charge in [-0.1, -0.05) is 36.5 Å². The van der Waals surface area contributed by atoms with Crippen LogP contribution in [0.25, 0.3) is 0 Å². The highest BCUT2D eigenvalue weighted by atomic mass is 35.5. The zero-order valence-corrected chi connectivity index (χ0v) is 11.5. The number of halogens is 2. The van der Waals surface area contributed by atoms with Gasteiger partial charge in [-0.25, -0.2) is 5.43 Å². The summed E-state index contributed by atoms with van der Waals surface area (Å²) in [5.74, 6) is 0.0714. The van der Waals surface area contributed by atoms with Crippen LogP contribution in [0.2, 0.25) is 10.0 Å². The van der Waals surface area contributed by atoms with Crippen molar-refractivity contribution in [3.8, 4) is 5.75 Å². The summed E-state index contributed by atoms with van der Waals surface area (Å²) in [5, 5.41) is 4.63. The van der Waals surface area contributed by atoms with Gasteiger partial charge in [0.1, 0.15) is 5.75 Å². The number of unbranched alkanes of at least 4 members (excludes halogenated alkanes) is 1. The Balaban J connectivity index is 2.38. The van der Waals surface area contributed by atoms with Gasteiger partial charge in [-0.3, -0.25) is 4.79 Å². The van der Waals surface area contributed by atoms with Crippen molar-refractivity contribution in [2.45, 2.75) is 19.8 Å². The van der Waals surface area contributed by atoms with Gasteiger partial charge in [-0.15, -0.1) is 0 Å². The molecule has 0 saturated heterocycles. The summed E-state index contributed by atoms with van der Waals surface area (Å²) in [4.78, 5) is 11.3. The first-order valence-corrected chi connectivity index (χ1v) is 6.27. The summed E-state index contributed by atoms with van der Waals surface area (Å²) < 4.78 is 5.23. The molecule has 0 spiro atoms. The minimum Gasteiger partial charge on any atom is -0.482 e. The maximum atomic E-state index is 11.3. The molecule has 0 aliphatic heterocycles. The molecule has 1 N–H and O–H groups in total. The van der Waals surface area contributed by atoms with Gasteiger partial charge in [0.15, 0.2) is 6.61 Å². The molecule has 18 heavy (non-hydrogen) atoms. The Bertz CT molecular complexity index is 436. The molecule has 0 saturated carbocycles. The molecule has 0 heterocycles. The highest BCUT2D eigenvalue weighted by Gasteiger charge is 2.05. The minimum absolute atomic E-state index is 0.148. The maximum Gasteiger partial charge on any atom is 0.277 e. The standard InChI is InChI=1S/C12H14Cl2N2O2/c1-2-3-6-15-16-12(17)8-18-11-5-4-9(13)7-10(11)14/h4-7H,2-3,8H2,1H3,(H,16,17). The second-order valence-corrected chi connectivity index (χ2v) is 4.34. The van der Waals surface area contributed by atoms with Crippen molar-refractivity contribution in [2.75, 3.05) is 6.61 Å². The molecule has 0 fully saturated rings. The average Bonchev–Trinajstić information content (AvgIpc) is 2.33. The van der Waals surface area contributed by atoms with Crippen LogP contribution in [0.1, 0.15) is 19.8 Å². The van der Waals surface area contributed by atoms with Gasteiger partial charge in [0.05, 0.1) is 5.02 Å². The van der Waals surface area contributed by atoms with E-state index in [2.05, 4.69) is 10.5 Å². The lowest BCUT2D eigenvalue weighted by molar-refractivity contribution is -0.123. The molecule has 4 nitrogen and oxygen atoms in total. The largest absolute Gasteiger partial charge is 0.482 e. The van der Waals surface area contributed by atoms with Gasteiger partial charge in [0, 0.05) is 11.2 Å². The predicted molar refractivity (Wildman–Crippen MR) is 73.5 cm³/mol. The number of hydrogen-bond acceptors (Lipinski definition) is 3. The van der Waals surface area contributed by atoms with E-state index in [4.69, 9.17) is 27.9 Å². The first-order valence-electron chi connectivity index (χ1n) is 5.51. The number of carbonyl (C=O) groups excluding carboxylic acids is 1. The van der Waals surface area contributed by atoms with Crippen molar-refractivity contribution in [1.29, 1.82) is 0 Å². The van der Waals surface area contributed by atoms with Crippen molar-refractivity contribution in [2.24, 2.45) is 5.10 Å². The third kappa shape index (κ3) is 5.38. The molecule has 1 aromatic rings. The van der Waals surface area contributed by atoms with E-state index in [9.17, 15) is 4.79 Å². The number of ether oxygens (including phenoxy) is 1. The average molecular weight is 289 g/mol. The number of nitrogens with zero attached hydrogens (tertiary/aromatic N) is 1. The SMILES string of the molecule is CCCC=NNC(=O)COc1ccc(Cl)cc1Cl. The van der Waals surface area contributed by atoms with Gasteiger partial charge in [-0.05, 0) is 24.6 Å². The third-order valence-corrected chi connectivity index (χ3v) is 2.48. The molecular weight excluding hydrogens is 275 g/mol. The van der Waals surface area contributed by atoms with E-state index in [1.54, 1.807) is 24.4 Å². The molecule has 0 bridgehead atoms. The monoisotopic (exact) mass is 288 g/mol. The molecule has 0 radical (unpaired) electrons. The van der Waals surface area contributed by atoms with Crippen LogP contribution in [-0.4, -0.2) is 18.7 Å². The van der Waals surface area contributed by atoms with E-state index >= 15 is 0 Å². The Kier molecular flexibility index (Phi) is 6.54. The number of benzene rings is 1. The Morgan fingerprint density at radius 2 is 2.28 bits per heavy atom. The fourth-order valence-electron chi connectivity index (χ4n) is 1.08. The topological polar surface area (TPSA) is 50.7 Å². The van der Waals surface area contributed by atoms with Gasteiger partial charge in [0.2, 0.25) is 0 Å². The summed E-state index contributed by atoms with van der Waals surface area (Å²) in [7, 11) is 0. The minimum atomic E-state index is -0.339. The smallest absolute Gasteiger partial charge is 0.277 e. The highest BCUT2D eigenvalue weighted by Crippen LogP contribution is 2.27. The van der Waals surface area contributed by atoms with Gasteiger partial charge >= 0.3 is 0 Å². The summed E-state index contributed by atoms with van der Waals surface area (Å²) in [6, 6.07) is 4.80. The van der Waals surface area contributed by atoms with Gasteiger partial charge < -0.3 is 4.74 Å². The zero-order chi connectivity index (χ0) is 13.4. The molecule has 1 rings (SSSR count). The molecule has 98 valence electrons. The zero-order valence-electron chi connectivity index (χ0n) is 9.95. The summed E-state index contributed by atoms with van der Waals surface area (Å²) in [5.41, 5.74) is 2.35. The summed E-state index contributed by atoms with van der Waals surface area (Å²) in [6.07, 6.45) is 3.45. The van der Waals surface area contributed by atoms with Crippen molar-refractivity contribution < 1.29 is 9.53 Å². The lowest BCUT2D eigenvalue weighted by Crippen LogP contribution is -2.24. The fraction of sp³-hybridized carbons (Fsp3) is 0.333. The van der Waals surface area contributed by atoms with Crippen LogP contribution in [0.3, 0.4) is 0 Å². The van der Waals surface area contributed by atoms with E-state index in [0.717, 1.165) is 12.8 Å². The second kappa shape index (κ2) is 7.95. The molecule has 0 atom stereocenters. The van der Waals surface area contributed by atoms with Crippen LogP contribution >= 0.6 is 23.2 Å². The first kappa shape index (κ1) is 14.8. The third-order valence-electron chi connectivity index (χ3n) is 1.95. The number of rotatable bonds is 6. The van der Waals surface area contributed by atoms with Crippen LogP contribution in [0.15, 0.2) is 23.3 Å². The van der Waals surface area contributed by atoms with E-state index in [1.165, 1.54) is 0 Å². The van der Waals surface area contributed by atoms with Crippen molar-refractivity contribution in [3.63, 3.8) is 0 Å². The molecule has 0 aliphatic rings. The maximum absolute atomic E-state index is 11.3. The Morgan fingerprint density at radius 3 is 2.94 bits per heavy atom. The molecule has 0 aliphatic carbocycles. The van der Waals surface area contributed by atoms with Crippen LogP contribution in [-0.2, 0) is 4.79 Å². The fourth-order valence-corrected chi connectivity index (χ4v) is 1.54. The quantitative estimate of drug-likeness (QED) is 0.645. The normalized spacial score (nSPS) is 10.6.